The van der Waals surface area contributed by atoms with Crippen molar-refractivity contribution in [3.05, 3.63) is 12.3 Å². The average Bonchev–Trinajstić information content (AvgIpc) is 2.90. The third-order valence-electron chi connectivity index (χ3n) is 6.45. The Bertz CT molecular complexity index is 516. The summed E-state index contributed by atoms with van der Waals surface area (Å²) in [6.07, 6.45) is 5.96. The lowest BCUT2D eigenvalue weighted by molar-refractivity contribution is -0.133. The Morgan fingerprint density at radius 3 is 2.08 bits per heavy atom. The largest absolute Gasteiger partial charge is 0.549 e. The van der Waals surface area contributed by atoms with Crippen LogP contribution in [-0.2, 0) is 13.6 Å². The van der Waals surface area contributed by atoms with Gasteiger partial charge >= 0.3 is 0 Å². The van der Waals surface area contributed by atoms with E-state index < -0.39 is 16.6 Å². The number of carbonyl (C=O) groups excluding carboxylic acids is 1. The summed E-state index contributed by atoms with van der Waals surface area (Å²) in [4.78, 5) is 14.7. The highest BCUT2D eigenvalue weighted by atomic mass is 28.4. The van der Waals surface area contributed by atoms with Crippen molar-refractivity contribution in [3.63, 3.8) is 0 Å². The van der Waals surface area contributed by atoms with Crippen molar-refractivity contribution < 1.29 is 13.6 Å². The Labute approximate surface area is 163 Å². The molecule has 1 aliphatic heterocycles. The predicted molar refractivity (Wildman–Crippen MR) is 115 cm³/mol. The molecular weight excluding hydrogens is 358 g/mol. The number of rotatable bonds is 6. The van der Waals surface area contributed by atoms with Crippen molar-refractivity contribution in [1.82, 2.24) is 4.90 Å². The quantitative estimate of drug-likeness (QED) is 0.435. The predicted octanol–water partition coefficient (Wildman–Crippen LogP) is 5.53. The number of amides is 1. The van der Waals surface area contributed by atoms with Gasteiger partial charge in [0.1, 0.15) is 6.61 Å². The topological polar surface area (TPSA) is 38.8 Å². The zero-order valence-electron chi connectivity index (χ0n) is 18.7. The molecule has 4 nitrogen and oxygen atoms in total. The molecule has 1 atom stereocenters. The SMILES string of the molecule is CC(C)(C)[Si](C)(C)O/C=C\[C@@H]1CCCN1C(=O)CO[Si](C)(C)C(C)(C)C. The molecule has 0 bridgehead atoms. The van der Waals surface area contributed by atoms with Gasteiger partial charge in [0.05, 0.1) is 12.3 Å². The van der Waals surface area contributed by atoms with E-state index in [9.17, 15) is 4.79 Å². The van der Waals surface area contributed by atoms with E-state index >= 15 is 0 Å². The molecule has 0 spiro atoms. The lowest BCUT2D eigenvalue weighted by Crippen LogP contribution is -2.45. The van der Waals surface area contributed by atoms with Crippen LogP contribution < -0.4 is 0 Å². The molecule has 6 heteroatoms. The summed E-state index contributed by atoms with van der Waals surface area (Å²) in [5.74, 6) is 0.106. The van der Waals surface area contributed by atoms with Gasteiger partial charge in [-0.2, -0.15) is 0 Å². The zero-order chi connectivity index (χ0) is 20.4. The smallest absolute Gasteiger partial charge is 0.249 e. The lowest BCUT2D eigenvalue weighted by Gasteiger charge is -2.36. The van der Waals surface area contributed by atoms with E-state index in [4.69, 9.17) is 8.85 Å². The van der Waals surface area contributed by atoms with Crippen LogP contribution in [0.15, 0.2) is 12.3 Å². The van der Waals surface area contributed by atoms with Crippen molar-refractivity contribution in [2.24, 2.45) is 0 Å². The number of nitrogens with zero attached hydrogens (tertiary/aromatic N) is 1. The molecule has 0 aromatic rings. The van der Waals surface area contributed by atoms with Gasteiger partial charge in [0, 0.05) is 6.54 Å². The van der Waals surface area contributed by atoms with Gasteiger partial charge < -0.3 is 13.8 Å². The van der Waals surface area contributed by atoms with Crippen molar-refractivity contribution in [3.8, 4) is 0 Å². The first-order valence-electron chi connectivity index (χ1n) is 9.86. The van der Waals surface area contributed by atoms with Gasteiger partial charge in [0.2, 0.25) is 14.2 Å². The van der Waals surface area contributed by atoms with Gasteiger partial charge in [0.25, 0.3) is 0 Å². The minimum absolute atomic E-state index is 0.106. The molecule has 0 N–H and O–H groups in total. The lowest BCUT2D eigenvalue weighted by atomic mass is 10.2. The molecule has 1 saturated heterocycles. The highest BCUT2D eigenvalue weighted by molar-refractivity contribution is 6.74. The summed E-state index contributed by atoms with van der Waals surface area (Å²) in [5.41, 5.74) is 0. The van der Waals surface area contributed by atoms with Crippen molar-refractivity contribution in [2.45, 2.75) is 96.7 Å². The fraction of sp³-hybridized carbons (Fsp3) is 0.850. The molecule has 1 fully saturated rings. The van der Waals surface area contributed by atoms with Crippen LogP contribution in [0.4, 0.5) is 0 Å². The molecule has 0 aliphatic carbocycles. The van der Waals surface area contributed by atoms with Crippen LogP contribution in [0.25, 0.3) is 0 Å². The van der Waals surface area contributed by atoms with Crippen molar-refractivity contribution in [1.29, 1.82) is 0 Å². The first kappa shape index (κ1) is 23.4. The van der Waals surface area contributed by atoms with Crippen molar-refractivity contribution >= 4 is 22.5 Å². The second-order valence-corrected chi connectivity index (χ2v) is 20.1. The number of hydrogen-bond acceptors (Lipinski definition) is 3. The molecule has 0 aromatic carbocycles. The van der Waals surface area contributed by atoms with E-state index in [0.717, 1.165) is 19.4 Å². The summed E-state index contributed by atoms with van der Waals surface area (Å²) in [7, 11) is -3.69. The zero-order valence-corrected chi connectivity index (χ0v) is 20.7. The second kappa shape index (κ2) is 8.19. The summed E-state index contributed by atoms with van der Waals surface area (Å²) in [5, 5.41) is 0.300. The third kappa shape index (κ3) is 5.96. The molecule has 26 heavy (non-hydrogen) atoms. The van der Waals surface area contributed by atoms with Gasteiger partial charge in [-0.1, -0.05) is 41.5 Å². The average molecular weight is 400 g/mol. The maximum atomic E-state index is 12.7. The minimum atomic E-state index is -1.90. The van der Waals surface area contributed by atoms with Crippen LogP contribution in [0.1, 0.15) is 54.4 Å². The van der Waals surface area contributed by atoms with E-state index in [1.165, 1.54) is 0 Å². The molecule has 1 rings (SSSR count). The molecule has 0 aromatic heterocycles. The Morgan fingerprint density at radius 1 is 1.04 bits per heavy atom. The summed E-state index contributed by atoms with van der Waals surface area (Å²) in [6, 6.07) is 0.135. The fourth-order valence-electron chi connectivity index (χ4n) is 2.32. The summed E-state index contributed by atoms with van der Waals surface area (Å²) >= 11 is 0. The maximum absolute atomic E-state index is 12.7. The van der Waals surface area contributed by atoms with Crippen LogP contribution >= 0.6 is 0 Å². The van der Waals surface area contributed by atoms with E-state index in [1.54, 1.807) is 0 Å². The fourth-order valence-corrected chi connectivity index (χ4v) is 4.01. The summed E-state index contributed by atoms with van der Waals surface area (Å²) in [6.45, 7) is 23.2. The molecule has 152 valence electrons. The molecule has 1 aliphatic rings. The van der Waals surface area contributed by atoms with Crippen LogP contribution in [0.3, 0.4) is 0 Å². The Balaban J connectivity index is 2.65. The van der Waals surface area contributed by atoms with E-state index in [2.05, 4.69) is 73.8 Å². The van der Waals surface area contributed by atoms with E-state index in [-0.39, 0.29) is 28.6 Å². The Hall–Kier alpha value is -0.596. The van der Waals surface area contributed by atoms with Gasteiger partial charge in [-0.05, 0) is 55.2 Å². The highest BCUT2D eigenvalue weighted by Crippen LogP contribution is 2.37. The molecule has 0 unspecified atom stereocenters. The standard InChI is InChI=1S/C20H41NO3Si2/c1-19(2,3)25(7,8)23-15-13-17-12-11-14-21(17)18(22)16-24-26(9,10)20(4,5)6/h13,15,17H,11-12,14,16H2,1-10H3/b15-13-/t17-/m0/s1. The monoisotopic (exact) mass is 399 g/mol. The molecule has 0 saturated carbocycles. The number of likely N-dealkylation sites (tertiary alicyclic amines) is 1. The molecule has 0 radical (unpaired) electrons. The molecule has 1 heterocycles. The maximum Gasteiger partial charge on any atom is 0.249 e. The first-order chi connectivity index (χ1) is 11.6. The third-order valence-corrected chi connectivity index (χ3v) is 15.3. The Morgan fingerprint density at radius 2 is 1.58 bits per heavy atom. The van der Waals surface area contributed by atoms with Crippen LogP contribution in [0.2, 0.25) is 36.3 Å². The second-order valence-electron chi connectivity index (χ2n) is 10.6. The normalized spacial score (nSPS) is 20.1. The van der Waals surface area contributed by atoms with Gasteiger partial charge in [-0.25, -0.2) is 0 Å². The van der Waals surface area contributed by atoms with Crippen LogP contribution in [-0.4, -0.2) is 46.6 Å². The van der Waals surface area contributed by atoms with Gasteiger partial charge in [0.15, 0.2) is 8.32 Å². The number of carbonyl (C=O) groups is 1. The van der Waals surface area contributed by atoms with Crippen LogP contribution in [0.5, 0.6) is 0 Å². The first-order valence-corrected chi connectivity index (χ1v) is 15.7. The minimum Gasteiger partial charge on any atom is -0.549 e. The Kier molecular flexibility index (Phi) is 7.38. The van der Waals surface area contributed by atoms with Crippen LogP contribution in [0, 0.1) is 0 Å². The number of hydrogen-bond donors (Lipinski definition) is 0. The van der Waals surface area contributed by atoms with E-state index in [1.807, 2.05) is 11.2 Å². The highest BCUT2D eigenvalue weighted by Gasteiger charge is 2.39. The van der Waals surface area contributed by atoms with E-state index in [0.29, 0.717) is 0 Å². The summed E-state index contributed by atoms with van der Waals surface area (Å²) < 4.78 is 12.3. The van der Waals surface area contributed by atoms with Crippen molar-refractivity contribution in [2.75, 3.05) is 13.2 Å². The van der Waals surface area contributed by atoms with Gasteiger partial charge in [-0.15, -0.1) is 0 Å². The molecule has 1 amide bonds. The van der Waals surface area contributed by atoms with Gasteiger partial charge in [-0.3, -0.25) is 4.79 Å². The molecular formula is C20H41NO3Si2.